The van der Waals surface area contributed by atoms with E-state index in [0.29, 0.717) is 0 Å². The Hall–Kier alpha value is -2.20. The quantitative estimate of drug-likeness (QED) is 0.741. The van der Waals surface area contributed by atoms with Gasteiger partial charge in [-0.1, -0.05) is 0 Å². The highest BCUT2D eigenvalue weighted by molar-refractivity contribution is 7.89. The lowest BCUT2D eigenvalue weighted by Crippen LogP contribution is -2.23. The van der Waals surface area contributed by atoms with Crippen LogP contribution in [0.3, 0.4) is 0 Å². The smallest absolute Gasteiger partial charge is 0.325 e. The largest absolute Gasteiger partial charge is 0.480 e. The first-order chi connectivity index (χ1) is 9.78. The van der Waals surface area contributed by atoms with Crippen molar-refractivity contribution in [3.8, 4) is 0 Å². The highest BCUT2D eigenvalue weighted by Gasteiger charge is 2.17. The molecule has 2 heterocycles. The van der Waals surface area contributed by atoms with Crippen molar-refractivity contribution in [2.75, 3.05) is 0 Å². The van der Waals surface area contributed by atoms with Crippen molar-refractivity contribution in [3.63, 3.8) is 0 Å². The predicted octanol–water partition coefficient (Wildman–Crippen LogP) is -0.512. The number of rotatable bonds is 6. The second kappa shape index (κ2) is 5.66. The van der Waals surface area contributed by atoms with Crippen LogP contribution in [0.5, 0.6) is 0 Å². The van der Waals surface area contributed by atoms with Gasteiger partial charge in [0, 0.05) is 31.5 Å². The van der Waals surface area contributed by atoms with Crippen molar-refractivity contribution in [1.29, 1.82) is 0 Å². The number of carboxylic acids is 1. The van der Waals surface area contributed by atoms with Crippen molar-refractivity contribution in [2.45, 2.75) is 24.9 Å². The van der Waals surface area contributed by atoms with Crippen LogP contribution in [0.15, 0.2) is 23.5 Å². The monoisotopic (exact) mass is 313 g/mol. The summed E-state index contributed by atoms with van der Waals surface area (Å²) < 4.78 is 29.2. The van der Waals surface area contributed by atoms with Gasteiger partial charge in [0.25, 0.3) is 0 Å². The molecule has 0 aromatic carbocycles. The molecule has 0 saturated carbocycles. The van der Waals surface area contributed by atoms with Crippen LogP contribution < -0.4 is 4.72 Å². The number of carbonyl (C=O) groups is 1. The highest BCUT2D eigenvalue weighted by atomic mass is 32.2. The third-order valence-electron chi connectivity index (χ3n) is 2.78. The second-order valence-electron chi connectivity index (χ2n) is 4.51. The van der Waals surface area contributed by atoms with Gasteiger partial charge in [0.1, 0.15) is 11.4 Å². The molecule has 21 heavy (non-hydrogen) atoms. The van der Waals surface area contributed by atoms with Crippen molar-refractivity contribution in [1.82, 2.24) is 24.3 Å². The molecule has 0 amide bonds. The Labute approximate surface area is 121 Å². The van der Waals surface area contributed by atoms with Crippen LogP contribution in [0.4, 0.5) is 0 Å². The second-order valence-corrected chi connectivity index (χ2v) is 6.27. The number of aryl methyl sites for hydroxylation is 2. The Balaban J connectivity index is 2.09. The zero-order valence-electron chi connectivity index (χ0n) is 11.5. The fourth-order valence-corrected chi connectivity index (χ4v) is 2.75. The van der Waals surface area contributed by atoms with Crippen molar-refractivity contribution in [2.24, 2.45) is 7.05 Å². The van der Waals surface area contributed by atoms with Gasteiger partial charge < -0.3 is 5.11 Å². The Morgan fingerprint density at radius 3 is 2.71 bits per heavy atom. The minimum Gasteiger partial charge on any atom is -0.480 e. The van der Waals surface area contributed by atoms with E-state index in [0.717, 1.165) is 22.1 Å². The van der Waals surface area contributed by atoms with Crippen LogP contribution in [0.1, 0.15) is 11.3 Å². The average Bonchev–Trinajstić information content (AvgIpc) is 2.93. The minimum absolute atomic E-state index is 0.0784. The van der Waals surface area contributed by atoms with Crippen LogP contribution in [-0.2, 0) is 35.0 Å². The van der Waals surface area contributed by atoms with E-state index in [1.165, 1.54) is 6.20 Å². The van der Waals surface area contributed by atoms with Crippen LogP contribution >= 0.6 is 0 Å². The molecule has 0 radical (unpaired) electrons. The van der Waals surface area contributed by atoms with Gasteiger partial charge >= 0.3 is 5.97 Å². The fraction of sp³-hybridized carbons (Fsp3) is 0.364. The summed E-state index contributed by atoms with van der Waals surface area (Å²) in [6, 6.07) is 0. The van der Waals surface area contributed by atoms with E-state index >= 15 is 0 Å². The zero-order valence-corrected chi connectivity index (χ0v) is 12.3. The molecule has 9 nitrogen and oxygen atoms in total. The van der Waals surface area contributed by atoms with Crippen LogP contribution in [-0.4, -0.2) is 39.1 Å². The Morgan fingerprint density at radius 2 is 2.14 bits per heavy atom. The molecule has 0 spiro atoms. The van der Waals surface area contributed by atoms with Crippen molar-refractivity contribution in [3.05, 3.63) is 29.8 Å². The lowest BCUT2D eigenvalue weighted by atomic mass is 10.3. The van der Waals surface area contributed by atoms with Gasteiger partial charge in [0.15, 0.2) is 0 Å². The maximum absolute atomic E-state index is 12.1. The summed E-state index contributed by atoms with van der Waals surface area (Å²) in [5, 5.41) is 16.4. The lowest BCUT2D eigenvalue weighted by molar-refractivity contribution is -0.137. The van der Waals surface area contributed by atoms with Gasteiger partial charge in [0.05, 0.1) is 11.9 Å². The van der Waals surface area contributed by atoms with Gasteiger partial charge in [-0.3, -0.25) is 14.2 Å². The van der Waals surface area contributed by atoms with Crippen LogP contribution in [0.2, 0.25) is 0 Å². The number of carboxylic acid groups (broad SMARTS) is 1. The first-order valence-corrected chi connectivity index (χ1v) is 7.49. The molecule has 0 aliphatic rings. The van der Waals surface area contributed by atoms with Gasteiger partial charge in [-0.05, 0) is 6.92 Å². The maximum atomic E-state index is 12.1. The van der Waals surface area contributed by atoms with Gasteiger partial charge in [0.2, 0.25) is 10.0 Å². The standard InChI is InChI=1S/C11H15N5O4S/c1-8-9(5-15(2)14-8)3-13-21(19,20)10-4-12-16(6-10)7-11(17)18/h4-6,13H,3,7H2,1-2H3,(H,17,18). The lowest BCUT2D eigenvalue weighted by Gasteiger charge is -2.03. The molecule has 10 heteroatoms. The zero-order chi connectivity index (χ0) is 15.6. The first-order valence-electron chi connectivity index (χ1n) is 6.01. The van der Waals surface area contributed by atoms with E-state index in [1.807, 2.05) is 0 Å². The summed E-state index contributed by atoms with van der Waals surface area (Å²) in [5.74, 6) is -1.10. The number of nitrogens with zero attached hydrogens (tertiary/aromatic N) is 4. The minimum atomic E-state index is -3.74. The van der Waals surface area contributed by atoms with Gasteiger partial charge in [-0.2, -0.15) is 10.2 Å². The van der Waals surface area contributed by atoms with Crippen molar-refractivity contribution >= 4 is 16.0 Å². The molecule has 0 fully saturated rings. The molecule has 0 unspecified atom stereocenters. The molecule has 2 aromatic heterocycles. The highest BCUT2D eigenvalue weighted by Crippen LogP contribution is 2.10. The van der Waals surface area contributed by atoms with E-state index in [9.17, 15) is 13.2 Å². The molecule has 0 atom stereocenters. The van der Waals surface area contributed by atoms with E-state index in [2.05, 4.69) is 14.9 Å². The summed E-state index contributed by atoms with van der Waals surface area (Å²) in [7, 11) is -1.99. The molecule has 0 aliphatic heterocycles. The number of hydrogen-bond donors (Lipinski definition) is 2. The average molecular weight is 313 g/mol. The molecule has 2 rings (SSSR count). The van der Waals surface area contributed by atoms with Crippen LogP contribution in [0, 0.1) is 6.92 Å². The number of hydrogen-bond acceptors (Lipinski definition) is 5. The summed E-state index contributed by atoms with van der Waals surface area (Å²) in [4.78, 5) is 10.5. The molecule has 114 valence electrons. The summed E-state index contributed by atoms with van der Waals surface area (Å²) in [6.07, 6.45) is 4.01. The third kappa shape index (κ3) is 3.67. The summed E-state index contributed by atoms with van der Waals surface area (Å²) in [6.45, 7) is 1.50. The first kappa shape index (κ1) is 15.2. The van der Waals surface area contributed by atoms with Gasteiger partial charge in [-0.25, -0.2) is 13.1 Å². The van der Waals surface area contributed by atoms with E-state index < -0.39 is 22.5 Å². The van der Waals surface area contributed by atoms with Crippen LogP contribution in [0.25, 0.3) is 0 Å². The molecule has 2 N–H and O–H groups in total. The molecule has 0 saturated heterocycles. The molecule has 2 aromatic rings. The molecule has 0 aliphatic carbocycles. The number of aromatic nitrogens is 4. The Kier molecular flexibility index (Phi) is 4.09. The maximum Gasteiger partial charge on any atom is 0.325 e. The fourth-order valence-electron chi connectivity index (χ4n) is 1.79. The molecular formula is C11H15N5O4S. The number of aliphatic carboxylic acids is 1. The Morgan fingerprint density at radius 1 is 1.43 bits per heavy atom. The Bertz CT molecular complexity index is 761. The normalized spacial score (nSPS) is 11.7. The van der Waals surface area contributed by atoms with Gasteiger partial charge in [-0.15, -0.1) is 0 Å². The third-order valence-corrected chi connectivity index (χ3v) is 4.14. The summed E-state index contributed by atoms with van der Waals surface area (Å²) >= 11 is 0. The van der Waals surface area contributed by atoms with E-state index in [-0.39, 0.29) is 11.4 Å². The molecule has 0 bridgehead atoms. The van der Waals surface area contributed by atoms with Crippen molar-refractivity contribution < 1.29 is 18.3 Å². The topological polar surface area (TPSA) is 119 Å². The van der Waals surface area contributed by atoms with E-state index in [4.69, 9.17) is 5.11 Å². The van der Waals surface area contributed by atoms with E-state index in [1.54, 1.807) is 24.9 Å². The predicted molar refractivity (Wildman–Crippen MR) is 71.8 cm³/mol. The number of nitrogens with one attached hydrogen (secondary N) is 1. The molecular weight excluding hydrogens is 298 g/mol. The SMILES string of the molecule is Cc1nn(C)cc1CNS(=O)(=O)c1cnn(CC(=O)O)c1. The number of sulfonamides is 1. The summed E-state index contributed by atoms with van der Waals surface area (Å²) in [5.41, 5.74) is 1.50.